The summed E-state index contributed by atoms with van der Waals surface area (Å²) in [6, 6.07) is 2.60. The first-order valence-electron chi connectivity index (χ1n) is 6.26. The number of rotatable bonds is 7. The van der Waals surface area contributed by atoms with Gasteiger partial charge in [-0.2, -0.15) is 0 Å². The Balaban J connectivity index is 2.74. The van der Waals surface area contributed by atoms with E-state index in [-0.39, 0.29) is 0 Å². The molecule has 1 rings (SSSR count). The minimum atomic E-state index is 0.443. The maximum absolute atomic E-state index is 6.12. The fourth-order valence-corrected chi connectivity index (χ4v) is 3.55. The van der Waals surface area contributed by atoms with Gasteiger partial charge in [-0.3, -0.25) is 0 Å². The first kappa shape index (κ1) is 15.5. The van der Waals surface area contributed by atoms with Gasteiger partial charge in [0.2, 0.25) is 0 Å². The summed E-state index contributed by atoms with van der Waals surface area (Å²) in [5, 5.41) is 3.62. The molecule has 2 atom stereocenters. The molecule has 0 bridgehead atoms. The van der Waals surface area contributed by atoms with E-state index in [4.69, 9.17) is 11.6 Å². The molecule has 0 fully saturated rings. The Morgan fingerprint density at radius 3 is 2.65 bits per heavy atom. The maximum Gasteiger partial charge on any atom is 0.107 e. The van der Waals surface area contributed by atoms with E-state index in [1.807, 2.05) is 0 Å². The summed E-state index contributed by atoms with van der Waals surface area (Å²) < 4.78 is 1.87. The second kappa shape index (κ2) is 7.78. The van der Waals surface area contributed by atoms with E-state index >= 15 is 0 Å². The van der Waals surface area contributed by atoms with Gasteiger partial charge < -0.3 is 5.32 Å². The number of nitrogens with one attached hydrogen (secondary N) is 1. The lowest BCUT2D eigenvalue weighted by molar-refractivity contribution is 0.406. The van der Waals surface area contributed by atoms with Crippen molar-refractivity contribution in [1.82, 2.24) is 5.32 Å². The van der Waals surface area contributed by atoms with Crippen molar-refractivity contribution in [3.8, 4) is 0 Å². The van der Waals surface area contributed by atoms with E-state index in [1.165, 1.54) is 17.7 Å². The van der Waals surface area contributed by atoms with Crippen LogP contribution in [0.5, 0.6) is 0 Å². The molecule has 98 valence electrons. The van der Waals surface area contributed by atoms with Gasteiger partial charge >= 0.3 is 0 Å². The Hall–Kier alpha value is 0.430. The molecule has 1 heterocycles. The predicted molar refractivity (Wildman–Crippen MR) is 82.1 cm³/mol. The normalized spacial score (nSPS) is 14.9. The number of halogens is 2. The molecule has 1 aromatic rings. The Kier molecular flexibility index (Phi) is 7.08. The monoisotopic (exact) mass is 337 g/mol. The highest BCUT2D eigenvalue weighted by Crippen LogP contribution is 2.37. The zero-order valence-electron chi connectivity index (χ0n) is 10.7. The van der Waals surface area contributed by atoms with Crippen molar-refractivity contribution in [3.05, 3.63) is 19.8 Å². The van der Waals surface area contributed by atoms with Gasteiger partial charge in [0.15, 0.2) is 0 Å². The van der Waals surface area contributed by atoms with Crippen molar-refractivity contribution >= 4 is 38.9 Å². The Labute approximate surface area is 122 Å². The van der Waals surface area contributed by atoms with E-state index in [9.17, 15) is 0 Å². The van der Waals surface area contributed by atoms with Crippen LogP contribution in [0.4, 0.5) is 0 Å². The fourth-order valence-electron chi connectivity index (χ4n) is 1.72. The smallest absolute Gasteiger partial charge is 0.107 e. The average Bonchev–Trinajstić information content (AvgIpc) is 2.64. The van der Waals surface area contributed by atoms with E-state index < -0.39 is 0 Å². The summed E-state index contributed by atoms with van der Waals surface area (Å²) in [6.07, 6.45) is 3.57. The first-order valence-corrected chi connectivity index (χ1v) is 8.25. The lowest BCUT2D eigenvalue weighted by Gasteiger charge is -2.20. The molecule has 0 radical (unpaired) electrons. The van der Waals surface area contributed by atoms with Gasteiger partial charge in [0.25, 0.3) is 0 Å². The molecule has 1 aromatic heterocycles. The van der Waals surface area contributed by atoms with Gasteiger partial charge in [0.1, 0.15) is 4.34 Å². The fraction of sp³-hybridized carbons (Fsp3) is 0.692. The SMILES string of the molecule is CCCNC(CC(C)CC)c1cc(Br)c(Cl)s1. The average molecular weight is 339 g/mol. The quantitative estimate of drug-likeness (QED) is 0.678. The van der Waals surface area contributed by atoms with E-state index in [0.29, 0.717) is 6.04 Å². The number of hydrogen-bond acceptors (Lipinski definition) is 2. The van der Waals surface area contributed by atoms with Crippen molar-refractivity contribution < 1.29 is 0 Å². The molecule has 1 N–H and O–H groups in total. The van der Waals surface area contributed by atoms with Gasteiger partial charge in [0.05, 0.1) is 0 Å². The van der Waals surface area contributed by atoms with Crippen LogP contribution in [0.15, 0.2) is 10.5 Å². The van der Waals surface area contributed by atoms with Crippen LogP contribution >= 0.6 is 38.9 Å². The van der Waals surface area contributed by atoms with Gasteiger partial charge in [-0.05, 0) is 47.3 Å². The first-order chi connectivity index (χ1) is 8.08. The standard InChI is InChI=1S/C13H21BrClNS/c1-4-6-16-11(7-9(3)5-2)12-8-10(14)13(15)17-12/h8-9,11,16H,4-7H2,1-3H3. The molecular formula is C13H21BrClNS. The van der Waals surface area contributed by atoms with Crippen LogP contribution in [0.2, 0.25) is 4.34 Å². The second-order valence-corrected chi connectivity index (χ2v) is 7.07. The molecule has 2 unspecified atom stereocenters. The van der Waals surface area contributed by atoms with Crippen LogP contribution < -0.4 is 5.32 Å². The highest BCUT2D eigenvalue weighted by molar-refractivity contribution is 9.10. The van der Waals surface area contributed by atoms with Gasteiger partial charge in [0, 0.05) is 15.4 Å². The van der Waals surface area contributed by atoms with Crippen molar-refractivity contribution in [2.24, 2.45) is 5.92 Å². The third kappa shape index (κ3) is 4.90. The summed E-state index contributed by atoms with van der Waals surface area (Å²) in [5.41, 5.74) is 0. The highest BCUT2D eigenvalue weighted by atomic mass is 79.9. The van der Waals surface area contributed by atoms with Crippen LogP contribution in [0.3, 0.4) is 0 Å². The zero-order valence-corrected chi connectivity index (χ0v) is 13.9. The molecule has 0 aliphatic rings. The zero-order chi connectivity index (χ0) is 12.8. The van der Waals surface area contributed by atoms with Crippen LogP contribution in [0.25, 0.3) is 0 Å². The highest BCUT2D eigenvalue weighted by Gasteiger charge is 2.17. The minimum Gasteiger partial charge on any atom is -0.309 e. The summed E-state index contributed by atoms with van der Waals surface area (Å²) in [5.74, 6) is 0.740. The largest absolute Gasteiger partial charge is 0.309 e. The number of hydrogen-bond donors (Lipinski definition) is 1. The van der Waals surface area contributed by atoms with E-state index in [1.54, 1.807) is 11.3 Å². The van der Waals surface area contributed by atoms with Crippen molar-refractivity contribution in [3.63, 3.8) is 0 Å². The van der Waals surface area contributed by atoms with Crippen LogP contribution in [-0.4, -0.2) is 6.54 Å². The third-order valence-corrected chi connectivity index (χ3v) is 5.57. The predicted octanol–water partition coefficient (Wildman–Crippen LogP) is 5.64. The molecule has 0 aromatic carbocycles. The minimum absolute atomic E-state index is 0.443. The van der Waals surface area contributed by atoms with Gasteiger partial charge in [-0.15, -0.1) is 11.3 Å². The second-order valence-electron chi connectivity index (χ2n) is 4.53. The molecule has 0 saturated carbocycles. The molecule has 0 aliphatic carbocycles. The molecule has 1 nitrogen and oxygen atoms in total. The molecule has 0 saturated heterocycles. The van der Waals surface area contributed by atoms with Gasteiger partial charge in [-0.1, -0.05) is 38.8 Å². The van der Waals surface area contributed by atoms with Crippen LogP contribution in [0.1, 0.15) is 51.0 Å². The Morgan fingerprint density at radius 1 is 1.47 bits per heavy atom. The summed E-state index contributed by atoms with van der Waals surface area (Å²) >= 11 is 11.3. The molecule has 17 heavy (non-hydrogen) atoms. The van der Waals surface area contributed by atoms with Crippen LogP contribution in [-0.2, 0) is 0 Å². The number of thiophene rings is 1. The van der Waals surface area contributed by atoms with Crippen LogP contribution in [0, 0.1) is 5.92 Å². The summed E-state index contributed by atoms with van der Waals surface area (Å²) in [4.78, 5) is 1.34. The van der Waals surface area contributed by atoms with Crippen molar-refractivity contribution in [2.75, 3.05) is 6.54 Å². The lowest BCUT2D eigenvalue weighted by atomic mass is 9.98. The lowest BCUT2D eigenvalue weighted by Crippen LogP contribution is -2.23. The van der Waals surface area contributed by atoms with E-state index in [2.05, 4.69) is 48.1 Å². The summed E-state index contributed by atoms with van der Waals surface area (Å²) in [7, 11) is 0. The maximum atomic E-state index is 6.12. The summed E-state index contributed by atoms with van der Waals surface area (Å²) in [6.45, 7) is 7.82. The molecule has 0 spiro atoms. The Bertz CT molecular complexity index is 321. The van der Waals surface area contributed by atoms with Gasteiger partial charge in [-0.25, -0.2) is 0 Å². The molecular weight excluding hydrogens is 318 g/mol. The molecule has 4 heteroatoms. The molecule has 0 amide bonds. The molecule has 0 aliphatic heterocycles. The van der Waals surface area contributed by atoms with E-state index in [0.717, 1.165) is 27.7 Å². The topological polar surface area (TPSA) is 12.0 Å². The van der Waals surface area contributed by atoms with Crippen molar-refractivity contribution in [2.45, 2.75) is 46.1 Å². The van der Waals surface area contributed by atoms with Crippen molar-refractivity contribution in [1.29, 1.82) is 0 Å². The Morgan fingerprint density at radius 2 is 2.18 bits per heavy atom. The third-order valence-electron chi connectivity index (χ3n) is 2.98.